The van der Waals surface area contributed by atoms with Gasteiger partial charge in [-0.05, 0) is 20.5 Å². The third kappa shape index (κ3) is 1.49. The molecule has 0 aromatic rings. The van der Waals surface area contributed by atoms with Gasteiger partial charge < -0.3 is 10.2 Å². The number of rotatable bonds is 2. The highest BCUT2D eigenvalue weighted by atomic mass is 15.3. The molecular weight excluding hydrogens is 150 g/mol. The van der Waals surface area contributed by atoms with Crippen LogP contribution in [-0.4, -0.2) is 62.2 Å². The number of nitrogens with zero attached hydrogens (tertiary/aromatic N) is 2. The maximum absolute atomic E-state index is 3.33. The lowest BCUT2D eigenvalue weighted by molar-refractivity contribution is 0.165. The van der Waals surface area contributed by atoms with Crippen molar-refractivity contribution < 1.29 is 0 Å². The zero-order valence-electron chi connectivity index (χ0n) is 8.08. The number of nitrogens with one attached hydrogen (secondary N) is 1. The molecule has 2 aliphatic heterocycles. The van der Waals surface area contributed by atoms with E-state index in [1.54, 1.807) is 0 Å². The van der Waals surface area contributed by atoms with E-state index in [-0.39, 0.29) is 0 Å². The monoisotopic (exact) mass is 169 g/mol. The molecule has 1 unspecified atom stereocenters. The standard InChI is InChI=1S/C9H19N3/c1-11(2)8-3-4-12(7-8)9-5-10-6-9/h8-10H,3-7H2,1-2H3. The van der Waals surface area contributed by atoms with Crippen LogP contribution in [0.5, 0.6) is 0 Å². The van der Waals surface area contributed by atoms with Gasteiger partial charge in [-0.1, -0.05) is 0 Å². The average molecular weight is 169 g/mol. The molecular formula is C9H19N3. The minimum Gasteiger partial charge on any atom is -0.314 e. The van der Waals surface area contributed by atoms with Gasteiger partial charge >= 0.3 is 0 Å². The van der Waals surface area contributed by atoms with Crippen molar-refractivity contribution in [2.75, 3.05) is 40.3 Å². The first-order valence-electron chi connectivity index (χ1n) is 4.88. The van der Waals surface area contributed by atoms with Crippen LogP contribution in [0.3, 0.4) is 0 Å². The summed E-state index contributed by atoms with van der Waals surface area (Å²) in [5.41, 5.74) is 0. The second kappa shape index (κ2) is 3.32. The Kier molecular flexibility index (Phi) is 2.35. The molecule has 2 heterocycles. The fraction of sp³-hybridized carbons (Fsp3) is 1.00. The van der Waals surface area contributed by atoms with Crippen molar-refractivity contribution in [2.45, 2.75) is 18.5 Å². The SMILES string of the molecule is CN(C)C1CCN(C2CNC2)C1. The molecule has 0 bridgehead atoms. The lowest BCUT2D eigenvalue weighted by atomic mass is 10.1. The van der Waals surface area contributed by atoms with Crippen LogP contribution in [0.4, 0.5) is 0 Å². The molecule has 3 heteroatoms. The van der Waals surface area contributed by atoms with Crippen molar-refractivity contribution in [1.29, 1.82) is 0 Å². The number of hydrogen-bond acceptors (Lipinski definition) is 3. The molecule has 0 aromatic heterocycles. The van der Waals surface area contributed by atoms with Crippen LogP contribution < -0.4 is 5.32 Å². The van der Waals surface area contributed by atoms with Crippen molar-refractivity contribution in [2.24, 2.45) is 0 Å². The minimum atomic E-state index is 0.797. The van der Waals surface area contributed by atoms with Gasteiger partial charge in [0.2, 0.25) is 0 Å². The van der Waals surface area contributed by atoms with Gasteiger partial charge in [0.05, 0.1) is 0 Å². The van der Waals surface area contributed by atoms with Crippen LogP contribution in [0.1, 0.15) is 6.42 Å². The maximum Gasteiger partial charge on any atom is 0.0346 e. The second-order valence-electron chi connectivity index (χ2n) is 4.21. The summed E-state index contributed by atoms with van der Waals surface area (Å²) in [6, 6.07) is 1.64. The van der Waals surface area contributed by atoms with Gasteiger partial charge in [-0.3, -0.25) is 4.90 Å². The van der Waals surface area contributed by atoms with Gasteiger partial charge in [-0.15, -0.1) is 0 Å². The van der Waals surface area contributed by atoms with Crippen molar-refractivity contribution in [3.05, 3.63) is 0 Å². The molecule has 0 aliphatic carbocycles. The van der Waals surface area contributed by atoms with E-state index in [1.807, 2.05) is 0 Å². The van der Waals surface area contributed by atoms with Gasteiger partial charge in [0.25, 0.3) is 0 Å². The zero-order valence-corrected chi connectivity index (χ0v) is 8.08. The third-order valence-corrected chi connectivity index (χ3v) is 3.20. The first-order chi connectivity index (χ1) is 5.77. The molecule has 1 atom stereocenters. The molecule has 3 nitrogen and oxygen atoms in total. The Bertz CT molecular complexity index is 154. The highest BCUT2D eigenvalue weighted by Crippen LogP contribution is 2.17. The summed E-state index contributed by atoms with van der Waals surface area (Å²) in [6.45, 7) is 4.99. The molecule has 2 saturated heterocycles. The normalized spacial score (nSPS) is 32.8. The second-order valence-corrected chi connectivity index (χ2v) is 4.21. The average Bonchev–Trinajstić information content (AvgIpc) is 2.32. The molecule has 0 radical (unpaired) electrons. The Morgan fingerprint density at radius 1 is 1.33 bits per heavy atom. The largest absolute Gasteiger partial charge is 0.314 e. The zero-order chi connectivity index (χ0) is 8.55. The van der Waals surface area contributed by atoms with Gasteiger partial charge in [0, 0.05) is 38.3 Å². The van der Waals surface area contributed by atoms with Crippen molar-refractivity contribution >= 4 is 0 Å². The molecule has 0 amide bonds. The summed E-state index contributed by atoms with van der Waals surface area (Å²) in [4.78, 5) is 4.98. The Hall–Kier alpha value is -0.120. The van der Waals surface area contributed by atoms with Crippen LogP contribution >= 0.6 is 0 Å². The smallest absolute Gasteiger partial charge is 0.0346 e. The molecule has 2 fully saturated rings. The fourth-order valence-electron chi connectivity index (χ4n) is 2.05. The molecule has 1 N–H and O–H groups in total. The summed E-state index contributed by atoms with van der Waals surface area (Å²) >= 11 is 0. The Morgan fingerprint density at radius 2 is 2.08 bits per heavy atom. The molecule has 2 rings (SSSR count). The quantitative estimate of drug-likeness (QED) is 0.606. The molecule has 0 saturated carbocycles. The summed E-state index contributed by atoms with van der Waals surface area (Å²) in [6.07, 6.45) is 1.35. The van der Waals surface area contributed by atoms with E-state index in [0.717, 1.165) is 12.1 Å². The topological polar surface area (TPSA) is 18.5 Å². The van der Waals surface area contributed by atoms with E-state index in [0.29, 0.717) is 0 Å². The summed E-state index contributed by atoms with van der Waals surface area (Å²) in [5.74, 6) is 0. The van der Waals surface area contributed by atoms with Crippen molar-refractivity contribution in [1.82, 2.24) is 15.1 Å². The van der Waals surface area contributed by atoms with Crippen LogP contribution in [0.2, 0.25) is 0 Å². The Balaban J connectivity index is 1.81. The van der Waals surface area contributed by atoms with E-state index < -0.39 is 0 Å². The van der Waals surface area contributed by atoms with Crippen LogP contribution in [0.15, 0.2) is 0 Å². The van der Waals surface area contributed by atoms with Crippen LogP contribution in [0.25, 0.3) is 0 Å². The Labute approximate surface area is 74.7 Å². The van der Waals surface area contributed by atoms with Crippen LogP contribution in [0, 0.1) is 0 Å². The fourth-order valence-corrected chi connectivity index (χ4v) is 2.05. The first kappa shape index (κ1) is 8.48. The highest BCUT2D eigenvalue weighted by molar-refractivity contribution is 4.91. The van der Waals surface area contributed by atoms with Crippen molar-refractivity contribution in [3.63, 3.8) is 0 Å². The minimum absolute atomic E-state index is 0.797. The number of likely N-dealkylation sites (tertiary alicyclic amines) is 1. The molecule has 12 heavy (non-hydrogen) atoms. The van der Waals surface area contributed by atoms with E-state index >= 15 is 0 Å². The van der Waals surface area contributed by atoms with E-state index in [2.05, 4.69) is 29.2 Å². The summed E-state index contributed by atoms with van der Waals surface area (Å²) in [7, 11) is 4.38. The van der Waals surface area contributed by atoms with Crippen molar-refractivity contribution in [3.8, 4) is 0 Å². The van der Waals surface area contributed by atoms with Gasteiger partial charge in [-0.2, -0.15) is 0 Å². The van der Waals surface area contributed by atoms with E-state index in [4.69, 9.17) is 0 Å². The molecule has 2 aliphatic rings. The lowest BCUT2D eigenvalue weighted by Gasteiger charge is -2.35. The maximum atomic E-state index is 3.33. The molecule has 0 aromatic carbocycles. The summed E-state index contributed by atoms with van der Waals surface area (Å²) in [5, 5.41) is 3.33. The molecule has 0 spiro atoms. The van der Waals surface area contributed by atoms with E-state index in [9.17, 15) is 0 Å². The number of likely N-dealkylation sites (N-methyl/N-ethyl adjacent to an activating group) is 1. The highest BCUT2D eigenvalue weighted by Gasteiger charge is 2.31. The predicted octanol–water partition coefficient (Wildman–Crippen LogP) is -0.406. The van der Waals surface area contributed by atoms with Gasteiger partial charge in [-0.25, -0.2) is 0 Å². The van der Waals surface area contributed by atoms with Gasteiger partial charge in [0.15, 0.2) is 0 Å². The van der Waals surface area contributed by atoms with E-state index in [1.165, 1.54) is 32.6 Å². The Morgan fingerprint density at radius 3 is 2.50 bits per heavy atom. The van der Waals surface area contributed by atoms with Gasteiger partial charge in [0.1, 0.15) is 0 Å². The molecule has 70 valence electrons. The predicted molar refractivity (Wildman–Crippen MR) is 50.3 cm³/mol. The first-order valence-corrected chi connectivity index (χ1v) is 4.88. The number of hydrogen-bond donors (Lipinski definition) is 1. The van der Waals surface area contributed by atoms with Crippen LogP contribution in [-0.2, 0) is 0 Å². The summed E-state index contributed by atoms with van der Waals surface area (Å²) < 4.78 is 0. The lowest BCUT2D eigenvalue weighted by Crippen LogP contribution is -2.56. The third-order valence-electron chi connectivity index (χ3n) is 3.20.